The minimum atomic E-state index is -1.24. The maximum atomic E-state index is 12.9. The number of nitrogens with zero attached hydrogens (tertiary/aromatic N) is 8. The molecule has 2 aliphatic heterocycles. The summed E-state index contributed by atoms with van der Waals surface area (Å²) in [4.78, 5) is 47.5. The second-order valence-electron chi connectivity index (χ2n) is 6.96. The second kappa shape index (κ2) is 10.5. The summed E-state index contributed by atoms with van der Waals surface area (Å²) in [6, 6.07) is -0.967. The number of hydrogen-bond donors (Lipinski definition) is 4. The Labute approximate surface area is 209 Å². The number of tetrazole rings is 1. The maximum absolute atomic E-state index is 12.9. The first-order valence-corrected chi connectivity index (χ1v) is 12.7. The number of carbonyl (C=O) groups is 3. The Balaban J connectivity index is 1.48. The molecule has 186 valence electrons. The molecule has 1 unspecified atom stereocenters. The van der Waals surface area contributed by atoms with E-state index in [0.29, 0.717) is 29.6 Å². The fraction of sp³-hybridized carbons (Fsp3) is 0.438. The molecule has 4 heterocycles. The van der Waals surface area contributed by atoms with E-state index in [2.05, 4.69) is 35.4 Å². The minimum Gasteiger partial charge on any atom is -0.477 e. The molecule has 35 heavy (non-hydrogen) atoms. The molecule has 0 bridgehead atoms. The van der Waals surface area contributed by atoms with Crippen molar-refractivity contribution in [2.45, 2.75) is 23.1 Å². The van der Waals surface area contributed by atoms with Crippen LogP contribution in [0.15, 0.2) is 21.6 Å². The van der Waals surface area contributed by atoms with Crippen LogP contribution in [0.2, 0.25) is 0 Å². The molecule has 1 saturated heterocycles. The van der Waals surface area contributed by atoms with Crippen LogP contribution in [-0.4, -0.2) is 99.6 Å². The molecule has 0 radical (unpaired) electrons. The van der Waals surface area contributed by atoms with E-state index in [4.69, 9.17) is 16.3 Å². The Kier molecular flexibility index (Phi) is 7.48. The number of β-lactam (4-membered cyclic amide) rings is 1. The van der Waals surface area contributed by atoms with Gasteiger partial charge in [-0.25, -0.2) is 9.48 Å². The average Bonchev–Trinajstić information content (AvgIpc) is 3.47. The van der Waals surface area contributed by atoms with Crippen molar-refractivity contribution in [3.05, 3.63) is 17.1 Å². The van der Waals surface area contributed by atoms with Crippen molar-refractivity contribution in [3.63, 3.8) is 0 Å². The highest BCUT2D eigenvalue weighted by molar-refractivity contribution is 8.01. The van der Waals surface area contributed by atoms with Gasteiger partial charge in [0.05, 0.1) is 6.54 Å². The lowest BCUT2D eigenvalue weighted by Crippen LogP contribution is -2.71. The molecule has 2 aromatic rings. The summed E-state index contributed by atoms with van der Waals surface area (Å²) in [6.45, 7) is 0.762. The molecule has 0 aliphatic carbocycles. The van der Waals surface area contributed by atoms with Crippen molar-refractivity contribution in [2.75, 3.05) is 30.9 Å². The van der Waals surface area contributed by atoms with E-state index >= 15 is 0 Å². The van der Waals surface area contributed by atoms with Gasteiger partial charge in [0.2, 0.25) is 16.7 Å². The summed E-state index contributed by atoms with van der Waals surface area (Å²) < 4.78 is 5.46. The number of nitrogens with two attached hydrogens (primary N) is 2. The van der Waals surface area contributed by atoms with E-state index in [1.165, 1.54) is 40.2 Å². The van der Waals surface area contributed by atoms with Gasteiger partial charge >= 0.3 is 5.97 Å². The minimum absolute atomic E-state index is 0.0471. The van der Waals surface area contributed by atoms with Crippen molar-refractivity contribution in [3.8, 4) is 0 Å². The van der Waals surface area contributed by atoms with Crippen molar-refractivity contribution in [1.82, 2.24) is 39.8 Å². The molecule has 2 atom stereocenters. The smallest absolute Gasteiger partial charge is 0.352 e. The second-order valence-corrected chi connectivity index (χ2v) is 9.79. The van der Waals surface area contributed by atoms with Crippen LogP contribution in [0, 0.1) is 0 Å². The highest BCUT2D eigenvalue weighted by Crippen LogP contribution is 2.41. The Morgan fingerprint density at radius 2 is 2.23 bits per heavy atom. The molecule has 16 nitrogen and oxygen atoms in total. The number of amides is 2. The zero-order valence-electron chi connectivity index (χ0n) is 18.0. The number of anilines is 1. The standard InChI is InChI=1S/C16H19N11O5S3/c1-32-22-7(10-20-15(18)35-23-10)11(28)19-8-12(29)27-9(14(30)31)6(4-33-13(8)27)5-34-16-21-24-25-26(16)3-2-17/h8,13H,2-5,17H2,1H3,(H,19,28)(H,30,31)(H2,18,20,23)/b22-7+/t8?,13-/m1/s1. The predicted octanol–water partition coefficient (Wildman–Crippen LogP) is -2.05. The summed E-state index contributed by atoms with van der Waals surface area (Å²) in [5, 5.41) is 27.4. The molecule has 19 heteroatoms. The van der Waals surface area contributed by atoms with E-state index < -0.39 is 29.2 Å². The summed E-state index contributed by atoms with van der Waals surface area (Å²) in [7, 11) is 1.24. The van der Waals surface area contributed by atoms with Crippen LogP contribution < -0.4 is 16.8 Å². The van der Waals surface area contributed by atoms with Crippen LogP contribution in [0.25, 0.3) is 0 Å². The SMILES string of the molecule is CO/N=C(/C(=O)NC1C(=O)N2C(C(=O)O)=C(CSc3nnnn3CCN)CS[C@H]12)c1nsc(N)n1. The van der Waals surface area contributed by atoms with Crippen molar-refractivity contribution in [1.29, 1.82) is 0 Å². The molecule has 1 fully saturated rings. The third-order valence-corrected chi connectivity index (χ3v) is 7.73. The Hall–Kier alpha value is -3.29. The number of carboxylic acids is 1. The molecule has 2 amide bonds. The molecule has 6 N–H and O–H groups in total. The quantitative estimate of drug-likeness (QED) is 0.110. The van der Waals surface area contributed by atoms with Gasteiger partial charge in [-0.05, 0) is 16.0 Å². The van der Waals surface area contributed by atoms with Gasteiger partial charge in [0.25, 0.3) is 11.8 Å². The molecule has 2 aliphatic rings. The van der Waals surface area contributed by atoms with Crippen LogP contribution in [0.4, 0.5) is 5.13 Å². The van der Waals surface area contributed by atoms with Crippen molar-refractivity contribution < 1.29 is 24.3 Å². The van der Waals surface area contributed by atoms with Gasteiger partial charge in [0, 0.05) is 29.6 Å². The van der Waals surface area contributed by atoms with E-state index in [1.807, 2.05) is 0 Å². The zero-order chi connectivity index (χ0) is 25.1. The van der Waals surface area contributed by atoms with Crippen molar-refractivity contribution >= 4 is 63.7 Å². The Morgan fingerprint density at radius 3 is 2.89 bits per heavy atom. The maximum Gasteiger partial charge on any atom is 0.352 e. The zero-order valence-corrected chi connectivity index (χ0v) is 20.5. The fourth-order valence-electron chi connectivity index (χ4n) is 3.32. The number of nitrogen functional groups attached to an aromatic ring is 1. The number of nitrogens with one attached hydrogen (secondary N) is 1. The fourth-order valence-corrected chi connectivity index (χ4v) is 6.15. The number of aliphatic carboxylic acids is 1. The Bertz CT molecular complexity index is 1210. The number of aromatic nitrogens is 6. The molecule has 2 aromatic heterocycles. The van der Waals surface area contributed by atoms with Crippen LogP contribution in [0.1, 0.15) is 5.82 Å². The largest absolute Gasteiger partial charge is 0.477 e. The monoisotopic (exact) mass is 541 g/mol. The summed E-state index contributed by atoms with van der Waals surface area (Å²) in [5.41, 5.74) is 11.3. The normalized spacial score (nSPS) is 19.9. The van der Waals surface area contributed by atoms with Crippen molar-refractivity contribution in [2.24, 2.45) is 10.9 Å². The number of carbonyl (C=O) groups excluding carboxylic acids is 2. The average molecular weight is 542 g/mol. The topological polar surface area (TPSA) is 230 Å². The summed E-state index contributed by atoms with van der Waals surface area (Å²) >= 11 is 3.45. The number of rotatable bonds is 10. The van der Waals surface area contributed by atoms with E-state index in [9.17, 15) is 19.5 Å². The Morgan fingerprint density at radius 1 is 1.43 bits per heavy atom. The first-order valence-electron chi connectivity index (χ1n) is 9.86. The highest BCUT2D eigenvalue weighted by Gasteiger charge is 2.54. The van der Waals surface area contributed by atoms with Gasteiger partial charge in [-0.15, -0.1) is 16.9 Å². The predicted molar refractivity (Wildman–Crippen MR) is 125 cm³/mol. The molecular weight excluding hydrogens is 522 g/mol. The van der Waals surface area contributed by atoms with Crippen LogP contribution in [-0.2, 0) is 25.8 Å². The lowest BCUT2D eigenvalue weighted by Gasteiger charge is -2.49. The van der Waals surface area contributed by atoms with Gasteiger partial charge in [-0.2, -0.15) is 9.36 Å². The van der Waals surface area contributed by atoms with Gasteiger partial charge in [0.1, 0.15) is 24.2 Å². The third kappa shape index (κ3) is 4.92. The number of oxime groups is 1. The van der Waals surface area contributed by atoms with Gasteiger partial charge in [0.15, 0.2) is 5.13 Å². The number of thioether (sulfide) groups is 2. The van der Waals surface area contributed by atoms with Crippen LogP contribution in [0.5, 0.6) is 0 Å². The molecule has 0 spiro atoms. The molecular formula is C16H19N11O5S3. The number of carboxylic acid groups (broad SMARTS) is 1. The molecule has 4 rings (SSSR count). The summed E-state index contributed by atoms with van der Waals surface area (Å²) in [5.74, 6) is -2.02. The lowest BCUT2D eigenvalue weighted by atomic mass is 10.0. The first-order chi connectivity index (χ1) is 16.8. The lowest BCUT2D eigenvalue weighted by molar-refractivity contribution is -0.150. The van der Waals surface area contributed by atoms with Crippen LogP contribution in [0.3, 0.4) is 0 Å². The summed E-state index contributed by atoms with van der Waals surface area (Å²) in [6.07, 6.45) is 0. The van der Waals surface area contributed by atoms with E-state index in [1.54, 1.807) is 0 Å². The van der Waals surface area contributed by atoms with Gasteiger partial charge < -0.3 is 26.7 Å². The first kappa shape index (κ1) is 24.8. The van der Waals surface area contributed by atoms with E-state index in [0.717, 1.165) is 11.5 Å². The van der Waals surface area contributed by atoms with E-state index in [-0.39, 0.29) is 28.1 Å². The van der Waals surface area contributed by atoms with Gasteiger partial charge in [-0.3, -0.25) is 14.5 Å². The highest BCUT2D eigenvalue weighted by atomic mass is 32.2. The number of hydrogen-bond acceptors (Lipinski definition) is 15. The molecule has 0 saturated carbocycles. The third-order valence-electron chi connectivity index (χ3n) is 4.80. The molecule has 0 aromatic carbocycles. The number of fused-ring (bicyclic) bond motifs is 1. The van der Waals surface area contributed by atoms with Crippen LogP contribution >= 0.6 is 35.1 Å². The van der Waals surface area contributed by atoms with Gasteiger partial charge in [-0.1, -0.05) is 16.9 Å².